The van der Waals surface area contributed by atoms with Gasteiger partial charge in [0.25, 0.3) is 0 Å². The number of carboxylic acids is 1. The Labute approximate surface area is 120 Å². The molecule has 21 heavy (non-hydrogen) atoms. The number of nitrogens with zero attached hydrogens (tertiary/aromatic N) is 1. The number of aliphatic carboxylic acids is 1. The van der Waals surface area contributed by atoms with Crippen LogP contribution in [-0.2, 0) is 4.79 Å². The Morgan fingerprint density at radius 1 is 1.33 bits per heavy atom. The molecule has 1 aliphatic rings. The van der Waals surface area contributed by atoms with Gasteiger partial charge in [-0.15, -0.1) is 12.3 Å². The van der Waals surface area contributed by atoms with E-state index in [0.29, 0.717) is 25.8 Å². The van der Waals surface area contributed by atoms with E-state index in [0.717, 1.165) is 4.90 Å². The van der Waals surface area contributed by atoms with Crippen molar-refractivity contribution in [3.63, 3.8) is 0 Å². The summed E-state index contributed by atoms with van der Waals surface area (Å²) in [5.74, 6) is -2.74. The molecule has 2 atom stereocenters. The van der Waals surface area contributed by atoms with Crippen LogP contribution in [0, 0.1) is 24.2 Å². The van der Waals surface area contributed by atoms with Crippen molar-refractivity contribution < 1.29 is 27.9 Å². The number of rotatable bonds is 5. The summed E-state index contributed by atoms with van der Waals surface area (Å²) in [5, 5.41) is 11.3. The van der Waals surface area contributed by atoms with Gasteiger partial charge in [-0.1, -0.05) is 0 Å². The van der Waals surface area contributed by atoms with E-state index in [1.807, 2.05) is 0 Å². The second kappa shape index (κ2) is 7.20. The number of alkyl halides is 3. The standard InChI is InChI=1S/C13H17F3N2O3/c1-2-3-4-5-6-17-12(21)18-7-9(11(19)20)10(8-18)13(14,15)16/h1,9-10H,3-8H2,(H,17,21)(H,19,20)/t9-,10-/m1/s1. The number of nitrogens with one attached hydrogen (secondary N) is 1. The first kappa shape index (κ1) is 17.1. The number of terminal acetylenes is 1. The number of hydrogen-bond acceptors (Lipinski definition) is 2. The van der Waals surface area contributed by atoms with Crippen LogP contribution in [0.2, 0.25) is 0 Å². The Hall–Kier alpha value is -1.91. The molecule has 2 N–H and O–H groups in total. The molecule has 1 fully saturated rings. The summed E-state index contributed by atoms with van der Waals surface area (Å²) in [6, 6.07) is -0.672. The summed E-state index contributed by atoms with van der Waals surface area (Å²) >= 11 is 0. The molecule has 0 spiro atoms. The number of amides is 2. The van der Waals surface area contributed by atoms with Gasteiger partial charge in [-0.25, -0.2) is 4.79 Å². The van der Waals surface area contributed by atoms with Crippen molar-refractivity contribution in [2.45, 2.75) is 25.4 Å². The highest BCUT2D eigenvalue weighted by Crippen LogP contribution is 2.37. The first-order chi connectivity index (χ1) is 9.77. The lowest BCUT2D eigenvalue weighted by Crippen LogP contribution is -2.40. The maximum Gasteiger partial charge on any atom is 0.394 e. The molecule has 8 heteroatoms. The molecule has 0 aromatic heterocycles. The largest absolute Gasteiger partial charge is 0.481 e. The predicted octanol–water partition coefficient (Wildman–Crippen LogP) is 1.69. The van der Waals surface area contributed by atoms with Gasteiger partial charge in [0.15, 0.2) is 0 Å². The van der Waals surface area contributed by atoms with Crippen LogP contribution in [0.4, 0.5) is 18.0 Å². The molecule has 0 radical (unpaired) electrons. The van der Waals surface area contributed by atoms with Gasteiger partial charge >= 0.3 is 18.2 Å². The molecule has 1 saturated heterocycles. The van der Waals surface area contributed by atoms with Crippen LogP contribution < -0.4 is 5.32 Å². The predicted molar refractivity (Wildman–Crippen MR) is 68.3 cm³/mol. The van der Waals surface area contributed by atoms with Gasteiger partial charge in [0.05, 0.1) is 11.8 Å². The molecule has 1 heterocycles. The smallest absolute Gasteiger partial charge is 0.394 e. The molecule has 2 amide bonds. The molecule has 0 aromatic rings. The maximum atomic E-state index is 12.8. The van der Waals surface area contributed by atoms with Gasteiger partial charge < -0.3 is 15.3 Å². The Morgan fingerprint density at radius 3 is 2.48 bits per heavy atom. The molecule has 0 aliphatic carbocycles. The number of carbonyl (C=O) groups excluding carboxylic acids is 1. The normalized spacial score (nSPS) is 21.9. The summed E-state index contributed by atoms with van der Waals surface area (Å²) in [4.78, 5) is 23.5. The van der Waals surface area contributed by atoms with Crippen molar-refractivity contribution in [2.75, 3.05) is 19.6 Å². The van der Waals surface area contributed by atoms with Crippen LogP contribution in [0.3, 0.4) is 0 Å². The van der Waals surface area contributed by atoms with Gasteiger partial charge in [-0.05, 0) is 12.8 Å². The Bertz CT molecular complexity index is 431. The molecular formula is C13H17F3N2O3. The molecule has 1 aliphatic heterocycles. The Morgan fingerprint density at radius 2 is 2.00 bits per heavy atom. The lowest BCUT2D eigenvalue weighted by molar-refractivity contribution is -0.187. The van der Waals surface area contributed by atoms with Gasteiger partial charge in [0, 0.05) is 26.1 Å². The average Bonchev–Trinajstić information content (AvgIpc) is 2.83. The fourth-order valence-corrected chi connectivity index (χ4v) is 2.21. The SMILES string of the molecule is C#CCCCCNC(=O)N1C[C@@H](C(F)(F)F)[C@H](C(=O)O)C1. The third-order valence-electron chi connectivity index (χ3n) is 3.37. The monoisotopic (exact) mass is 306 g/mol. The Kier molecular flexibility index (Phi) is 5.88. The van der Waals surface area contributed by atoms with E-state index in [4.69, 9.17) is 11.5 Å². The average molecular weight is 306 g/mol. The van der Waals surface area contributed by atoms with Gasteiger partial charge in [-0.3, -0.25) is 4.79 Å². The van der Waals surface area contributed by atoms with Crippen molar-refractivity contribution in [2.24, 2.45) is 11.8 Å². The topological polar surface area (TPSA) is 69.6 Å². The number of likely N-dealkylation sites (tertiary alicyclic amines) is 1. The van der Waals surface area contributed by atoms with Crippen LogP contribution in [0.25, 0.3) is 0 Å². The van der Waals surface area contributed by atoms with Crippen molar-refractivity contribution in [1.29, 1.82) is 0 Å². The molecule has 0 aromatic carbocycles. The lowest BCUT2D eigenvalue weighted by atomic mass is 9.96. The number of unbranched alkanes of at least 4 members (excludes halogenated alkanes) is 2. The summed E-state index contributed by atoms with van der Waals surface area (Å²) in [6.07, 6.45) is 2.32. The third kappa shape index (κ3) is 4.85. The number of halogens is 3. The van der Waals surface area contributed by atoms with Crippen molar-refractivity contribution >= 4 is 12.0 Å². The van der Waals surface area contributed by atoms with Crippen molar-refractivity contribution in [3.8, 4) is 12.3 Å². The van der Waals surface area contributed by atoms with Gasteiger partial charge in [0.2, 0.25) is 0 Å². The minimum absolute atomic E-state index is 0.297. The fraction of sp³-hybridized carbons (Fsp3) is 0.692. The molecule has 0 bridgehead atoms. The number of carbonyl (C=O) groups is 2. The summed E-state index contributed by atoms with van der Waals surface area (Å²) in [5.41, 5.74) is 0. The highest BCUT2D eigenvalue weighted by atomic mass is 19.4. The number of urea groups is 1. The molecular weight excluding hydrogens is 289 g/mol. The minimum Gasteiger partial charge on any atom is -0.481 e. The summed E-state index contributed by atoms with van der Waals surface area (Å²) in [6.45, 7) is -0.766. The Balaban J connectivity index is 2.51. The van der Waals surface area contributed by atoms with Crippen molar-refractivity contribution in [3.05, 3.63) is 0 Å². The van der Waals surface area contributed by atoms with Crippen LogP contribution in [0.1, 0.15) is 19.3 Å². The first-order valence-corrected chi connectivity index (χ1v) is 6.53. The summed E-state index contributed by atoms with van der Waals surface area (Å²) in [7, 11) is 0. The van der Waals surface area contributed by atoms with E-state index in [-0.39, 0.29) is 0 Å². The quantitative estimate of drug-likeness (QED) is 0.600. The number of hydrogen-bond donors (Lipinski definition) is 2. The lowest BCUT2D eigenvalue weighted by Gasteiger charge is -2.18. The van der Waals surface area contributed by atoms with E-state index in [1.165, 1.54) is 0 Å². The van der Waals surface area contributed by atoms with Gasteiger partial charge in [-0.2, -0.15) is 13.2 Å². The van der Waals surface area contributed by atoms with E-state index in [1.54, 1.807) is 0 Å². The zero-order valence-corrected chi connectivity index (χ0v) is 11.3. The highest BCUT2D eigenvalue weighted by Gasteiger charge is 2.53. The van der Waals surface area contributed by atoms with E-state index in [2.05, 4.69) is 11.2 Å². The molecule has 118 valence electrons. The van der Waals surface area contributed by atoms with E-state index >= 15 is 0 Å². The first-order valence-electron chi connectivity index (χ1n) is 6.53. The zero-order valence-electron chi connectivity index (χ0n) is 11.3. The second-order valence-electron chi connectivity index (χ2n) is 4.89. The number of carboxylic acid groups (broad SMARTS) is 1. The van der Waals surface area contributed by atoms with Crippen LogP contribution >= 0.6 is 0 Å². The van der Waals surface area contributed by atoms with E-state index in [9.17, 15) is 22.8 Å². The van der Waals surface area contributed by atoms with Crippen LogP contribution in [0.5, 0.6) is 0 Å². The molecule has 0 saturated carbocycles. The van der Waals surface area contributed by atoms with Crippen LogP contribution in [-0.4, -0.2) is 47.8 Å². The third-order valence-corrected chi connectivity index (χ3v) is 3.37. The fourth-order valence-electron chi connectivity index (χ4n) is 2.21. The van der Waals surface area contributed by atoms with Gasteiger partial charge in [0.1, 0.15) is 0 Å². The molecule has 1 rings (SSSR count). The molecule has 5 nitrogen and oxygen atoms in total. The minimum atomic E-state index is -4.63. The highest BCUT2D eigenvalue weighted by molar-refractivity contribution is 5.77. The van der Waals surface area contributed by atoms with Crippen LogP contribution in [0.15, 0.2) is 0 Å². The molecule has 0 unspecified atom stereocenters. The zero-order chi connectivity index (χ0) is 16.0. The maximum absolute atomic E-state index is 12.8. The second-order valence-corrected chi connectivity index (χ2v) is 4.89. The summed E-state index contributed by atoms with van der Waals surface area (Å²) < 4.78 is 38.3. The van der Waals surface area contributed by atoms with E-state index < -0.39 is 43.1 Å². The van der Waals surface area contributed by atoms with Crippen molar-refractivity contribution in [1.82, 2.24) is 10.2 Å².